The summed E-state index contributed by atoms with van der Waals surface area (Å²) in [6.45, 7) is 1.14. The van der Waals surface area contributed by atoms with Gasteiger partial charge in [-0.25, -0.2) is 4.98 Å². The number of carbonyl (C=O) groups excluding carboxylic acids is 1. The van der Waals surface area contributed by atoms with Gasteiger partial charge in [-0.15, -0.1) is 11.3 Å². The van der Waals surface area contributed by atoms with Crippen molar-refractivity contribution in [2.75, 3.05) is 20.2 Å². The van der Waals surface area contributed by atoms with Crippen LogP contribution >= 0.6 is 22.9 Å². The summed E-state index contributed by atoms with van der Waals surface area (Å²) in [5, 5.41) is 3.33. The number of nitrogens with zero attached hydrogens (tertiary/aromatic N) is 2. The summed E-state index contributed by atoms with van der Waals surface area (Å²) >= 11 is 7.39. The summed E-state index contributed by atoms with van der Waals surface area (Å²) < 4.78 is 11.0. The lowest BCUT2D eigenvalue weighted by atomic mass is 10.3. The number of ether oxygens (including phenoxy) is 1. The van der Waals surface area contributed by atoms with Crippen LogP contribution in [0.2, 0.25) is 5.02 Å². The summed E-state index contributed by atoms with van der Waals surface area (Å²) in [5.41, 5.74) is 0.758. The first-order valence-electron chi connectivity index (χ1n) is 8.22. The fraction of sp³-hybridized carbons (Fsp3) is 0.263. The van der Waals surface area contributed by atoms with E-state index >= 15 is 0 Å². The van der Waals surface area contributed by atoms with Gasteiger partial charge in [-0.3, -0.25) is 4.79 Å². The Morgan fingerprint density at radius 2 is 2.23 bits per heavy atom. The maximum Gasteiger partial charge on any atom is 0.228 e. The van der Waals surface area contributed by atoms with Gasteiger partial charge in [0.05, 0.1) is 25.0 Å². The van der Waals surface area contributed by atoms with Crippen molar-refractivity contribution in [3.8, 4) is 16.5 Å². The molecule has 1 amide bonds. The summed E-state index contributed by atoms with van der Waals surface area (Å²) in [4.78, 5) is 18.5. The molecule has 0 radical (unpaired) electrons. The van der Waals surface area contributed by atoms with Crippen LogP contribution in [-0.4, -0.2) is 36.0 Å². The number of rotatable bonds is 8. The third kappa shape index (κ3) is 5.09. The standard InChI is InChI=1S/C19H19ClN2O3S/c1-22(8-4-10-24-16-6-2-5-14(20)11-16)18(23)12-15-13-26-19(21-15)17-7-3-9-25-17/h2-3,5-7,9,11,13H,4,8,10,12H2,1H3. The number of amides is 1. The first-order valence-corrected chi connectivity index (χ1v) is 9.48. The monoisotopic (exact) mass is 390 g/mol. The van der Waals surface area contributed by atoms with Crippen LogP contribution in [0.25, 0.3) is 10.8 Å². The minimum atomic E-state index is 0.0315. The lowest BCUT2D eigenvalue weighted by molar-refractivity contribution is -0.129. The lowest BCUT2D eigenvalue weighted by Crippen LogP contribution is -2.30. The van der Waals surface area contributed by atoms with Gasteiger partial charge in [-0.05, 0) is 36.8 Å². The molecule has 3 rings (SSSR count). The summed E-state index contributed by atoms with van der Waals surface area (Å²) in [7, 11) is 1.79. The molecule has 2 aromatic heterocycles. The van der Waals surface area contributed by atoms with E-state index in [4.69, 9.17) is 20.8 Å². The number of aromatic nitrogens is 1. The van der Waals surface area contributed by atoms with Gasteiger partial charge in [-0.1, -0.05) is 17.7 Å². The van der Waals surface area contributed by atoms with Gasteiger partial charge in [0.1, 0.15) is 5.75 Å². The molecule has 0 atom stereocenters. The predicted octanol–water partition coefficient (Wildman–Crippen LogP) is 4.53. The molecule has 26 heavy (non-hydrogen) atoms. The minimum absolute atomic E-state index is 0.0315. The van der Waals surface area contributed by atoms with Crippen LogP contribution in [0.3, 0.4) is 0 Å². The van der Waals surface area contributed by atoms with Crippen LogP contribution in [0.5, 0.6) is 5.75 Å². The molecule has 5 nitrogen and oxygen atoms in total. The predicted molar refractivity (Wildman–Crippen MR) is 103 cm³/mol. The van der Waals surface area contributed by atoms with Gasteiger partial charge < -0.3 is 14.1 Å². The van der Waals surface area contributed by atoms with Gasteiger partial charge in [0.15, 0.2) is 10.8 Å². The van der Waals surface area contributed by atoms with E-state index in [-0.39, 0.29) is 12.3 Å². The average Bonchev–Trinajstić information content (AvgIpc) is 3.30. The molecule has 7 heteroatoms. The lowest BCUT2D eigenvalue weighted by Gasteiger charge is -2.16. The molecule has 0 aliphatic carbocycles. The Labute approximate surface area is 161 Å². The smallest absolute Gasteiger partial charge is 0.228 e. The second-order valence-electron chi connectivity index (χ2n) is 5.77. The van der Waals surface area contributed by atoms with E-state index in [0.29, 0.717) is 18.2 Å². The van der Waals surface area contributed by atoms with Gasteiger partial charge in [0.2, 0.25) is 5.91 Å². The Morgan fingerprint density at radius 1 is 1.35 bits per heavy atom. The normalized spacial score (nSPS) is 10.7. The molecule has 0 aliphatic heterocycles. The molecule has 0 aliphatic rings. The number of thiazole rings is 1. The molecular weight excluding hydrogens is 372 g/mol. The number of furan rings is 1. The second-order valence-corrected chi connectivity index (χ2v) is 7.07. The van der Waals surface area contributed by atoms with E-state index in [2.05, 4.69) is 4.98 Å². The molecule has 2 heterocycles. The highest BCUT2D eigenvalue weighted by molar-refractivity contribution is 7.13. The van der Waals surface area contributed by atoms with Gasteiger partial charge in [0, 0.05) is 24.0 Å². The first-order chi connectivity index (χ1) is 12.6. The highest BCUT2D eigenvalue weighted by Gasteiger charge is 2.13. The molecule has 0 spiro atoms. The summed E-state index contributed by atoms with van der Waals surface area (Å²) in [6, 6.07) is 11.0. The van der Waals surface area contributed by atoms with Crippen molar-refractivity contribution in [3.05, 3.63) is 58.8 Å². The summed E-state index contributed by atoms with van der Waals surface area (Å²) in [6.07, 6.45) is 2.63. The molecule has 0 N–H and O–H groups in total. The molecule has 0 saturated carbocycles. The summed E-state index contributed by atoms with van der Waals surface area (Å²) in [5.74, 6) is 1.49. The molecule has 0 saturated heterocycles. The fourth-order valence-electron chi connectivity index (χ4n) is 2.36. The third-order valence-corrected chi connectivity index (χ3v) is 4.89. The maximum atomic E-state index is 12.3. The average molecular weight is 391 g/mol. The maximum absolute atomic E-state index is 12.3. The van der Waals surface area contributed by atoms with Crippen LogP contribution < -0.4 is 4.74 Å². The Hall–Kier alpha value is -2.31. The molecule has 0 fully saturated rings. The van der Waals surface area contributed by atoms with Crippen molar-refractivity contribution in [2.45, 2.75) is 12.8 Å². The second kappa shape index (κ2) is 8.87. The molecule has 0 bridgehead atoms. The third-order valence-electron chi connectivity index (χ3n) is 3.74. The van der Waals surface area contributed by atoms with E-state index in [9.17, 15) is 4.79 Å². The van der Waals surface area contributed by atoms with E-state index in [1.165, 1.54) is 11.3 Å². The van der Waals surface area contributed by atoms with Gasteiger partial charge in [-0.2, -0.15) is 0 Å². The topological polar surface area (TPSA) is 55.6 Å². The highest BCUT2D eigenvalue weighted by Crippen LogP contribution is 2.24. The van der Waals surface area contributed by atoms with Gasteiger partial charge >= 0.3 is 0 Å². The highest BCUT2D eigenvalue weighted by atomic mass is 35.5. The molecule has 136 valence electrons. The van der Waals surface area contributed by atoms with Crippen LogP contribution in [0, 0.1) is 0 Å². The van der Waals surface area contributed by atoms with Crippen molar-refractivity contribution in [3.63, 3.8) is 0 Å². The van der Waals surface area contributed by atoms with Crippen LogP contribution in [0.15, 0.2) is 52.5 Å². The number of benzene rings is 1. The number of carbonyl (C=O) groups is 1. The number of hydrogen-bond donors (Lipinski definition) is 0. The van der Waals surface area contributed by atoms with Crippen molar-refractivity contribution in [2.24, 2.45) is 0 Å². The van der Waals surface area contributed by atoms with Crippen LogP contribution in [0.1, 0.15) is 12.1 Å². The zero-order chi connectivity index (χ0) is 18.4. The Morgan fingerprint density at radius 3 is 3.00 bits per heavy atom. The number of hydrogen-bond acceptors (Lipinski definition) is 5. The molecular formula is C19H19ClN2O3S. The molecule has 3 aromatic rings. The van der Waals surface area contributed by atoms with Gasteiger partial charge in [0.25, 0.3) is 0 Å². The van der Waals surface area contributed by atoms with E-state index < -0.39 is 0 Å². The van der Waals surface area contributed by atoms with E-state index in [0.717, 1.165) is 28.6 Å². The Kier molecular flexibility index (Phi) is 6.30. The van der Waals surface area contributed by atoms with Crippen molar-refractivity contribution in [1.29, 1.82) is 0 Å². The molecule has 1 aromatic carbocycles. The van der Waals surface area contributed by atoms with Crippen molar-refractivity contribution in [1.82, 2.24) is 9.88 Å². The quantitative estimate of drug-likeness (QED) is 0.530. The molecule has 0 unspecified atom stereocenters. The zero-order valence-corrected chi connectivity index (χ0v) is 15.9. The van der Waals surface area contributed by atoms with Crippen molar-refractivity contribution < 1.29 is 13.9 Å². The Bertz CT molecular complexity index is 848. The van der Waals surface area contributed by atoms with Crippen molar-refractivity contribution >= 4 is 28.8 Å². The first kappa shape index (κ1) is 18.5. The fourth-order valence-corrected chi connectivity index (χ4v) is 3.33. The van der Waals surface area contributed by atoms with E-state index in [1.807, 2.05) is 29.6 Å². The minimum Gasteiger partial charge on any atom is -0.493 e. The number of halogens is 1. The van der Waals surface area contributed by atoms with E-state index in [1.54, 1.807) is 30.3 Å². The number of likely N-dealkylation sites (N-methyl/N-ethyl adjacent to an activating group) is 1. The SMILES string of the molecule is CN(CCCOc1cccc(Cl)c1)C(=O)Cc1csc(-c2ccco2)n1. The zero-order valence-electron chi connectivity index (χ0n) is 14.4. The Balaban J connectivity index is 1.42. The van der Waals surface area contributed by atoms with Crippen LogP contribution in [-0.2, 0) is 11.2 Å². The van der Waals surface area contributed by atoms with Crippen LogP contribution in [0.4, 0.5) is 0 Å². The largest absolute Gasteiger partial charge is 0.493 e.